The molecule has 5 nitrogen and oxygen atoms in total. The van der Waals surface area contributed by atoms with Crippen LogP contribution in [-0.4, -0.2) is 34.9 Å². The molecule has 0 aliphatic carbocycles. The lowest BCUT2D eigenvalue weighted by molar-refractivity contribution is -0.121. The van der Waals surface area contributed by atoms with Gasteiger partial charge in [0.25, 0.3) is 5.91 Å². The zero-order valence-electron chi connectivity index (χ0n) is 13.6. The summed E-state index contributed by atoms with van der Waals surface area (Å²) in [5, 5.41) is 12.3. The summed E-state index contributed by atoms with van der Waals surface area (Å²) in [4.78, 5) is 25.5. The Hall–Kier alpha value is -2.96. The maximum absolute atomic E-state index is 13.8. The van der Waals surface area contributed by atoms with Gasteiger partial charge in [0.1, 0.15) is 22.9 Å². The molecule has 0 aromatic heterocycles. The SMILES string of the molecule is CCN(CC(=O)NCc1ccc(F)cc1)C(=O)c1c(O)cccc1F. The number of aromatic hydroxyl groups is 1. The minimum atomic E-state index is -0.852. The normalized spacial score (nSPS) is 10.4. The van der Waals surface area contributed by atoms with E-state index < -0.39 is 28.9 Å². The van der Waals surface area contributed by atoms with E-state index in [1.165, 1.54) is 36.4 Å². The standard InChI is InChI=1S/C18H18F2N2O3/c1-2-22(18(25)17-14(20)4-3-5-15(17)23)11-16(24)21-10-12-6-8-13(19)9-7-12/h3-9,23H,2,10-11H2,1H3,(H,21,24). The number of carbonyl (C=O) groups is 2. The van der Waals surface area contributed by atoms with Gasteiger partial charge in [0.15, 0.2) is 0 Å². The van der Waals surface area contributed by atoms with Crippen LogP contribution < -0.4 is 5.32 Å². The first-order valence-corrected chi connectivity index (χ1v) is 7.70. The second kappa shape index (κ2) is 8.23. The molecule has 132 valence electrons. The number of nitrogens with zero attached hydrogens (tertiary/aromatic N) is 1. The molecule has 0 atom stereocenters. The molecule has 2 aromatic rings. The van der Waals surface area contributed by atoms with Crippen LogP contribution in [-0.2, 0) is 11.3 Å². The summed E-state index contributed by atoms with van der Waals surface area (Å²) in [5.41, 5.74) is 0.242. The monoisotopic (exact) mass is 348 g/mol. The van der Waals surface area contributed by atoms with E-state index in [9.17, 15) is 23.5 Å². The summed E-state index contributed by atoms with van der Waals surface area (Å²) in [7, 11) is 0. The quantitative estimate of drug-likeness (QED) is 0.842. The minimum absolute atomic E-state index is 0.163. The van der Waals surface area contributed by atoms with E-state index in [0.29, 0.717) is 5.56 Å². The molecule has 0 bridgehead atoms. The lowest BCUT2D eigenvalue weighted by Gasteiger charge is -2.21. The highest BCUT2D eigenvalue weighted by molar-refractivity contribution is 5.98. The Morgan fingerprint density at radius 2 is 1.80 bits per heavy atom. The average Bonchev–Trinajstić information content (AvgIpc) is 2.59. The Kier molecular flexibility index (Phi) is 6.05. The number of halogens is 2. The van der Waals surface area contributed by atoms with Gasteiger partial charge < -0.3 is 15.3 Å². The molecule has 0 spiro atoms. The van der Waals surface area contributed by atoms with E-state index in [1.807, 2.05) is 0 Å². The topological polar surface area (TPSA) is 69.6 Å². The Bertz CT molecular complexity index is 743. The van der Waals surface area contributed by atoms with E-state index in [0.717, 1.165) is 11.0 Å². The van der Waals surface area contributed by atoms with Crippen molar-refractivity contribution in [2.45, 2.75) is 13.5 Å². The molecule has 0 unspecified atom stereocenters. The maximum atomic E-state index is 13.8. The molecular weight excluding hydrogens is 330 g/mol. The number of amides is 2. The molecule has 0 fully saturated rings. The van der Waals surface area contributed by atoms with Crippen molar-refractivity contribution in [1.29, 1.82) is 0 Å². The second-order valence-electron chi connectivity index (χ2n) is 5.36. The molecule has 2 N–H and O–H groups in total. The predicted octanol–water partition coefficient (Wildman–Crippen LogP) is 2.45. The molecule has 0 radical (unpaired) electrons. The Labute approximate surface area is 143 Å². The summed E-state index contributed by atoms with van der Waals surface area (Å²) in [5.74, 6) is -2.92. The summed E-state index contributed by atoms with van der Waals surface area (Å²) in [6.45, 7) is 1.69. The number of hydrogen-bond acceptors (Lipinski definition) is 3. The molecule has 0 heterocycles. The van der Waals surface area contributed by atoms with Gasteiger partial charge in [0.2, 0.25) is 5.91 Å². The number of carbonyl (C=O) groups excluding carboxylic acids is 2. The second-order valence-corrected chi connectivity index (χ2v) is 5.36. The molecule has 2 rings (SSSR count). The van der Waals surface area contributed by atoms with Gasteiger partial charge in [-0.15, -0.1) is 0 Å². The van der Waals surface area contributed by atoms with Gasteiger partial charge in [-0.05, 0) is 36.8 Å². The third-order valence-corrected chi connectivity index (χ3v) is 3.61. The van der Waals surface area contributed by atoms with E-state index in [4.69, 9.17) is 0 Å². The third kappa shape index (κ3) is 4.76. The van der Waals surface area contributed by atoms with Crippen molar-refractivity contribution in [2.75, 3.05) is 13.1 Å². The van der Waals surface area contributed by atoms with Gasteiger partial charge >= 0.3 is 0 Å². The molecule has 0 saturated heterocycles. The van der Waals surface area contributed by atoms with Crippen LogP contribution in [0.1, 0.15) is 22.8 Å². The van der Waals surface area contributed by atoms with Crippen LogP contribution in [0.15, 0.2) is 42.5 Å². The van der Waals surface area contributed by atoms with Crippen LogP contribution >= 0.6 is 0 Å². The van der Waals surface area contributed by atoms with Crippen LogP contribution in [0.2, 0.25) is 0 Å². The number of phenolic OH excluding ortho intramolecular Hbond substituents is 1. The van der Waals surface area contributed by atoms with Crippen molar-refractivity contribution in [3.8, 4) is 5.75 Å². The average molecular weight is 348 g/mol. The highest BCUT2D eigenvalue weighted by Gasteiger charge is 2.23. The molecule has 0 saturated carbocycles. The Balaban J connectivity index is 1.99. The number of rotatable bonds is 6. The Morgan fingerprint density at radius 3 is 2.40 bits per heavy atom. The summed E-state index contributed by atoms with van der Waals surface area (Å²) in [6, 6.07) is 9.20. The minimum Gasteiger partial charge on any atom is -0.507 e. The first-order chi connectivity index (χ1) is 11.9. The van der Waals surface area contributed by atoms with Crippen molar-refractivity contribution in [3.63, 3.8) is 0 Å². The molecular formula is C18H18F2N2O3. The zero-order valence-corrected chi connectivity index (χ0v) is 13.6. The number of likely N-dealkylation sites (N-methyl/N-ethyl adjacent to an activating group) is 1. The number of benzene rings is 2. The highest BCUT2D eigenvalue weighted by atomic mass is 19.1. The fourth-order valence-electron chi connectivity index (χ4n) is 2.24. The van der Waals surface area contributed by atoms with E-state index in [1.54, 1.807) is 6.92 Å². The maximum Gasteiger partial charge on any atom is 0.261 e. The lowest BCUT2D eigenvalue weighted by atomic mass is 10.1. The molecule has 0 aliphatic rings. The first kappa shape index (κ1) is 18.4. The van der Waals surface area contributed by atoms with Crippen molar-refractivity contribution < 1.29 is 23.5 Å². The largest absolute Gasteiger partial charge is 0.507 e. The third-order valence-electron chi connectivity index (χ3n) is 3.61. The Morgan fingerprint density at radius 1 is 1.12 bits per heavy atom. The highest BCUT2D eigenvalue weighted by Crippen LogP contribution is 2.21. The number of phenols is 1. The van der Waals surface area contributed by atoms with Crippen molar-refractivity contribution in [2.24, 2.45) is 0 Å². The fraction of sp³-hybridized carbons (Fsp3) is 0.222. The number of hydrogen-bond donors (Lipinski definition) is 2. The van der Waals surface area contributed by atoms with Gasteiger partial charge in [0, 0.05) is 13.1 Å². The molecule has 2 amide bonds. The fourth-order valence-corrected chi connectivity index (χ4v) is 2.24. The van der Waals surface area contributed by atoms with Gasteiger partial charge in [-0.2, -0.15) is 0 Å². The molecule has 25 heavy (non-hydrogen) atoms. The summed E-state index contributed by atoms with van der Waals surface area (Å²) >= 11 is 0. The van der Waals surface area contributed by atoms with Gasteiger partial charge in [-0.3, -0.25) is 9.59 Å². The molecule has 2 aromatic carbocycles. The smallest absolute Gasteiger partial charge is 0.261 e. The van der Waals surface area contributed by atoms with Gasteiger partial charge in [0.05, 0.1) is 6.54 Å². The van der Waals surface area contributed by atoms with Crippen LogP contribution in [0.4, 0.5) is 8.78 Å². The van der Waals surface area contributed by atoms with Crippen LogP contribution in [0.25, 0.3) is 0 Å². The van der Waals surface area contributed by atoms with E-state index >= 15 is 0 Å². The van der Waals surface area contributed by atoms with Crippen molar-refractivity contribution in [1.82, 2.24) is 10.2 Å². The zero-order chi connectivity index (χ0) is 18.4. The van der Waals surface area contributed by atoms with Gasteiger partial charge in [-0.1, -0.05) is 18.2 Å². The van der Waals surface area contributed by atoms with Crippen molar-refractivity contribution >= 4 is 11.8 Å². The summed E-state index contributed by atoms with van der Waals surface area (Å²) < 4.78 is 26.6. The van der Waals surface area contributed by atoms with Crippen LogP contribution in [0.5, 0.6) is 5.75 Å². The molecule has 7 heteroatoms. The van der Waals surface area contributed by atoms with Crippen LogP contribution in [0.3, 0.4) is 0 Å². The van der Waals surface area contributed by atoms with Crippen molar-refractivity contribution in [3.05, 3.63) is 65.2 Å². The number of nitrogens with one attached hydrogen (secondary N) is 1. The lowest BCUT2D eigenvalue weighted by Crippen LogP contribution is -2.40. The molecule has 0 aliphatic heterocycles. The summed E-state index contributed by atoms with van der Waals surface area (Å²) in [6.07, 6.45) is 0. The van der Waals surface area contributed by atoms with Gasteiger partial charge in [-0.25, -0.2) is 8.78 Å². The first-order valence-electron chi connectivity index (χ1n) is 7.70. The predicted molar refractivity (Wildman–Crippen MR) is 87.9 cm³/mol. The van der Waals surface area contributed by atoms with E-state index in [-0.39, 0.29) is 25.5 Å². The van der Waals surface area contributed by atoms with E-state index in [2.05, 4.69) is 5.32 Å². The van der Waals surface area contributed by atoms with Crippen LogP contribution in [0, 0.1) is 11.6 Å².